The standard InChI is InChI=1S/C25H40N2O2S/c1-15(2)18-12-20(16(3)4)23(21(13-18)17(5)6)30(28,29)27-26-22-14-19-10-11-25(22,9)24(19,7)8/h12-13,15-17,19,27H,10-11,14H2,1-9H3/b26-22+/t19-,25+/m0/s1. The molecule has 0 aromatic heterocycles. The summed E-state index contributed by atoms with van der Waals surface area (Å²) >= 11 is 0. The summed E-state index contributed by atoms with van der Waals surface area (Å²) in [5, 5.41) is 4.56. The number of benzene rings is 1. The van der Waals surface area contributed by atoms with Gasteiger partial charge in [-0.05, 0) is 65.0 Å². The molecular formula is C25H40N2O2S. The van der Waals surface area contributed by atoms with Crippen LogP contribution in [0, 0.1) is 16.7 Å². The minimum Gasteiger partial charge on any atom is -0.200 e. The number of rotatable bonds is 6. The predicted molar refractivity (Wildman–Crippen MR) is 126 cm³/mol. The highest BCUT2D eigenvalue weighted by Gasteiger charge is 2.60. The molecule has 0 spiro atoms. The van der Waals surface area contributed by atoms with Crippen molar-refractivity contribution >= 4 is 15.7 Å². The van der Waals surface area contributed by atoms with Crippen LogP contribution in [0.2, 0.25) is 0 Å². The number of nitrogens with zero attached hydrogens (tertiary/aromatic N) is 1. The van der Waals surface area contributed by atoms with E-state index in [0.717, 1.165) is 29.7 Å². The number of hydrogen-bond acceptors (Lipinski definition) is 3. The fraction of sp³-hybridized carbons (Fsp3) is 0.720. The van der Waals surface area contributed by atoms with Gasteiger partial charge in [0.1, 0.15) is 0 Å². The van der Waals surface area contributed by atoms with Crippen LogP contribution in [0.1, 0.15) is 116 Å². The third kappa shape index (κ3) is 3.61. The summed E-state index contributed by atoms with van der Waals surface area (Å²) in [6.45, 7) is 19.4. The van der Waals surface area contributed by atoms with E-state index in [1.165, 1.54) is 12.0 Å². The lowest BCUT2D eigenvalue weighted by Gasteiger charge is -2.34. The molecule has 2 atom stereocenters. The van der Waals surface area contributed by atoms with Crippen LogP contribution in [0.25, 0.3) is 0 Å². The first-order chi connectivity index (χ1) is 13.7. The van der Waals surface area contributed by atoms with E-state index in [0.29, 0.717) is 16.7 Å². The minimum absolute atomic E-state index is 0.0244. The lowest BCUT2D eigenvalue weighted by atomic mass is 9.70. The highest BCUT2D eigenvalue weighted by molar-refractivity contribution is 7.89. The molecule has 0 heterocycles. The smallest absolute Gasteiger partial charge is 0.200 e. The maximum Gasteiger partial charge on any atom is 0.277 e. The van der Waals surface area contributed by atoms with Crippen molar-refractivity contribution < 1.29 is 8.42 Å². The highest BCUT2D eigenvalue weighted by Crippen LogP contribution is 2.63. The molecule has 168 valence electrons. The molecule has 1 aromatic rings. The summed E-state index contributed by atoms with van der Waals surface area (Å²) in [6.07, 6.45) is 3.19. The van der Waals surface area contributed by atoms with E-state index in [2.05, 4.69) is 84.4 Å². The maximum atomic E-state index is 13.6. The lowest BCUT2D eigenvalue weighted by molar-refractivity contribution is 0.193. The van der Waals surface area contributed by atoms with E-state index >= 15 is 0 Å². The fourth-order valence-corrected chi connectivity index (χ4v) is 6.99. The second kappa shape index (κ2) is 7.65. The molecule has 3 rings (SSSR count). The van der Waals surface area contributed by atoms with E-state index < -0.39 is 10.0 Å². The molecule has 2 aliphatic carbocycles. The third-order valence-corrected chi connectivity index (χ3v) is 9.50. The molecule has 2 aliphatic rings. The van der Waals surface area contributed by atoms with Crippen LogP contribution in [0.15, 0.2) is 22.1 Å². The Morgan fingerprint density at radius 2 is 1.50 bits per heavy atom. The fourth-order valence-electron chi connectivity index (χ4n) is 5.46. The lowest BCUT2D eigenvalue weighted by Crippen LogP contribution is -2.34. The van der Waals surface area contributed by atoms with Crippen molar-refractivity contribution in [3.63, 3.8) is 0 Å². The van der Waals surface area contributed by atoms with E-state index in [1.54, 1.807) is 0 Å². The third-order valence-electron chi connectivity index (χ3n) is 8.16. The van der Waals surface area contributed by atoms with Gasteiger partial charge in [0.2, 0.25) is 0 Å². The maximum absolute atomic E-state index is 13.6. The Balaban J connectivity index is 2.07. The van der Waals surface area contributed by atoms with Crippen LogP contribution in [0.4, 0.5) is 0 Å². The Morgan fingerprint density at radius 3 is 1.87 bits per heavy atom. The van der Waals surface area contributed by atoms with Gasteiger partial charge in [0.05, 0.1) is 4.90 Å². The van der Waals surface area contributed by atoms with Gasteiger partial charge >= 0.3 is 0 Å². The number of nitrogens with one attached hydrogen (secondary N) is 1. The number of hydrazone groups is 1. The summed E-state index contributed by atoms with van der Waals surface area (Å²) < 4.78 is 27.1. The van der Waals surface area contributed by atoms with Crippen LogP contribution >= 0.6 is 0 Å². The molecule has 0 unspecified atom stereocenters. The number of hydrogen-bond donors (Lipinski definition) is 1. The van der Waals surface area contributed by atoms with Gasteiger partial charge in [-0.2, -0.15) is 13.5 Å². The van der Waals surface area contributed by atoms with Gasteiger partial charge in [0, 0.05) is 11.1 Å². The second-order valence-electron chi connectivity index (χ2n) is 11.1. The summed E-state index contributed by atoms with van der Waals surface area (Å²) in [5.74, 6) is 1.16. The molecule has 0 aliphatic heterocycles. The van der Waals surface area contributed by atoms with Gasteiger partial charge in [0.25, 0.3) is 10.0 Å². The monoisotopic (exact) mass is 432 g/mol. The minimum atomic E-state index is -3.76. The van der Waals surface area contributed by atoms with Crippen LogP contribution < -0.4 is 4.83 Å². The van der Waals surface area contributed by atoms with Crippen molar-refractivity contribution in [3.05, 3.63) is 28.8 Å². The molecule has 0 radical (unpaired) electrons. The van der Waals surface area contributed by atoms with E-state index in [9.17, 15) is 8.42 Å². The Kier molecular flexibility index (Phi) is 5.94. The molecule has 2 fully saturated rings. The summed E-state index contributed by atoms with van der Waals surface area (Å²) in [7, 11) is -3.76. The molecule has 4 nitrogen and oxygen atoms in total. The predicted octanol–water partition coefficient (Wildman–Crippen LogP) is 6.54. The van der Waals surface area contributed by atoms with Gasteiger partial charge in [-0.15, -0.1) is 0 Å². The van der Waals surface area contributed by atoms with Gasteiger partial charge < -0.3 is 0 Å². The molecule has 2 bridgehead atoms. The Morgan fingerprint density at radius 1 is 0.967 bits per heavy atom. The highest BCUT2D eigenvalue weighted by atomic mass is 32.2. The summed E-state index contributed by atoms with van der Waals surface area (Å²) in [6, 6.07) is 4.15. The quantitative estimate of drug-likeness (QED) is 0.519. The topological polar surface area (TPSA) is 58.5 Å². The van der Waals surface area contributed by atoms with E-state index in [-0.39, 0.29) is 22.7 Å². The van der Waals surface area contributed by atoms with E-state index in [4.69, 9.17) is 0 Å². The molecule has 0 saturated heterocycles. The second-order valence-corrected chi connectivity index (χ2v) is 12.7. The Labute approximate surface area is 184 Å². The molecule has 1 aromatic carbocycles. The molecular weight excluding hydrogens is 392 g/mol. The van der Waals surface area contributed by atoms with Crippen molar-refractivity contribution in [2.24, 2.45) is 21.8 Å². The first-order valence-electron chi connectivity index (χ1n) is 11.5. The van der Waals surface area contributed by atoms with Gasteiger partial charge in [-0.25, -0.2) is 4.83 Å². The zero-order valence-corrected chi connectivity index (χ0v) is 21.1. The Bertz CT molecular complexity index is 928. The molecule has 5 heteroatoms. The van der Waals surface area contributed by atoms with Crippen LogP contribution in [-0.4, -0.2) is 14.1 Å². The van der Waals surface area contributed by atoms with Gasteiger partial charge in [-0.3, -0.25) is 0 Å². The van der Waals surface area contributed by atoms with Crippen molar-refractivity contribution in [1.29, 1.82) is 0 Å². The summed E-state index contributed by atoms with van der Waals surface area (Å²) in [5.41, 5.74) is 4.12. The SMILES string of the molecule is CC(C)c1cc(C(C)C)c(S(=O)(=O)N/N=C2\C[C@@H]3CC[C@@]2(C)C3(C)C)c(C(C)C)c1. The van der Waals surface area contributed by atoms with Crippen molar-refractivity contribution in [2.45, 2.75) is 104 Å². The Hall–Kier alpha value is -1.36. The number of sulfonamides is 1. The first kappa shape index (κ1) is 23.3. The number of fused-ring (bicyclic) bond motifs is 2. The zero-order chi connectivity index (χ0) is 22.6. The van der Waals surface area contributed by atoms with Crippen molar-refractivity contribution in [3.8, 4) is 0 Å². The first-order valence-corrected chi connectivity index (χ1v) is 13.0. The average molecular weight is 433 g/mol. The van der Waals surface area contributed by atoms with Crippen molar-refractivity contribution in [2.75, 3.05) is 0 Å². The zero-order valence-electron chi connectivity index (χ0n) is 20.3. The van der Waals surface area contributed by atoms with Crippen LogP contribution in [-0.2, 0) is 10.0 Å². The van der Waals surface area contributed by atoms with Crippen molar-refractivity contribution in [1.82, 2.24) is 4.83 Å². The van der Waals surface area contributed by atoms with Crippen LogP contribution in [0.3, 0.4) is 0 Å². The van der Waals surface area contributed by atoms with E-state index in [1.807, 2.05) is 0 Å². The molecule has 1 N–H and O–H groups in total. The van der Waals surface area contributed by atoms with Crippen LogP contribution in [0.5, 0.6) is 0 Å². The average Bonchev–Trinajstić information content (AvgIpc) is 2.98. The van der Waals surface area contributed by atoms with Gasteiger partial charge in [-0.1, -0.05) is 74.4 Å². The molecule has 0 amide bonds. The van der Waals surface area contributed by atoms with Gasteiger partial charge in [0.15, 0.2) is 0 Å². The summed E-state index contributed by atoms with van der Waals surface area (Å²) in [4.78, 5) is 3.09. The molecule has 2 saturated carbocycles. The molecule has 30 heavy (non-hydrogen) atoms. The largest absolute Gasteiger partial charge is 0.277 e. The normalized spacial score (nSPS) is 27.1.